The van der Waals surface area contributed by atoms with E-state index in [-0.39, 0.29) is 18.9 Å². The number of aliphatic hydroxyl groups excluding tert-OH is 3. The summed E-state index contributed by atoms with van der Waals surface area (Å²) < 4.78 is 0. The quantitative estimate of drug-likeness (QED) is 0.0369. The van der Waals surface area contributed by atoms with Crippen LogP contribution in [-0.2, 0) is 4.79 Å². The van der Waals surface area contributed by atoms with Gasteiger partial charge in [0.15, 0.2) is 0 Å². The SMILES string of the molecule is CCCCCCCCCC/C=C/CC/C=C/CC/C=C/C(O)C(CO)NC(=O)CC(O)CCCCCCC/C=C\CCCCCCCCCCCCCC. The Bertz CT molecular complexity index is 881. The topological polar surface area (TPSA) is 89.8 Å². The molecule has 0 aromatic carbocycles. The molecule has 0 aliphatic carbocycles. The van der Waals surface area contributed by atoms with Gasteiger partial charge in [0.1, 0.15) is 0 Å². The average Bonchev–Trinajstić information content (AvgIpc) is 3.16. The molecule has 0 fully saturated rings. The van der Waals surface area contributed by atoms with Gasteiger partial charge in [-0.2, -0.15) is 0 Å². The molecule has 0 saturated heterocycles. The zero-order valence-corrected chi connectivity index (χ0v) is 35.8. The van der Waals surface area contributed by atoms with Crippen LogP contribution in [0.5, 0.6) is 0 Å². The summed E-state index contributed by atoms with van der Waals surface area (Å²) in [5.74, 6) is -0.334. The average molecular weight is 758 g/mol. The van der Waals surface area contributed by atoms with Gasteiger partial charge >= 0.3 is 0 Å². The molecule has 1 amide bonds. The zero-order valence-electron chi connectivity index (χ0n) is 35.8. The van der Waals surface area contributed by atoms with Gasteiger partial charge in [-0.15, -0.1) is 0 Å². The lowest BCUT2D eigenvalue weighted by atomic mass is 10.0. The second kappa shape index (κ2) is 44.0. The van der Waals surface area contributed by atoms with Gasteiger partial charge < -0.3 is 20.6 Å². The summed E-state index contributed by atoms with van der Waals surface area (Å²) in [5, 5.41) is 33.2. The molecular formula is C49H91NO4. The van der Waals surface area contributed by atoms with Crippen molar-refractivity contribution in [2.24, 2.45) is 0 Å². The third-order valence-electron chi connectivity index (χ3n) is 10.6. The summed E-state index contributed by atoms with van der Waals surface area (Å²) in [6, 6.07) is -0.771. The van der Waals surface area contributed by atoms with E-state index in [0.717, 1.165) is 51.4 Å². The van der Waals surface area contributed by atoms with Crippen LogP contribution < -0.4 is 5.32 Å². The smallest absolute Gasteiger partial charge is 0.222 e. The summed E-state index contributed by atoms with van der Waals surface area (Å²) in [4.78, 5) is 12.4. The largest absolute Gasteiger partial charge is 0.394 e. The fourth-order valence-corrected chi connectivity index (χ4v) is 6.95. The van der Waals surface area contributed by atoms with Crippen molar-refractivity contribution >= 4 is 5.91 Å². The zero-order chi connectivity index (χ0) is 39.4. The second-order valence-corrected chi connectivity index (χ2v) is 16.0. The second-order valence-electron chi connectivity index (χ2n) is 16.0. The Morgan fingerprint density at radius 3 is 1.19 bits per heavy atom. The van der Waals surface area contributed by atoms with Gasteiger partial charge in [0.25, 0.3) is 0 Å². The number of aliphatic hydroxyl groups is 3. The Morgan fingerprint density at radius 1 is 0.463 bits per heavy atom. The minimum absolute atomic E-state index is 0.00387. The number of allylic oxidation sites excluding steroid dienone is 7. The van der Waals surface area contributed by atoms with E-state index in [4.69, 9.17) is 0 Å². The van der Waals surface area contributed by atoms with Gasteiger partial charge in [-0.1, -0.05) is 204 Å². The van der Waals surface area contributed by atoms with Crippen LogP contribution in [0, 0.1) is 0 Å². The molecule has 316 valence electrons. The lowest BCUT2D eigenvalue weighted by Gasteiger charge is -2.20. The van der Waals surface area contributed by atoms with E-state index in [1.54, 1.807) is 6.08 Å². The molecule has 3 atom stereocenters. The number of unbranched alkanes of at least 4 members (excludes halogenated alkanes) is 27. The van der Waals surface area contributed by atoms with Gasteiger partial charge in [0.2, 0.25) is 5.91 Å². The van der Waals surface area contributed by atoms with Crippen molar-refractivity contribution in [1.29, 1.82) is 0 Å². The molecule has 0 aromatic rings. The number of amides is 1. The standard InChI is InChI=1S/C49H91NO4/c1-3-5-7-9-11-13-15-17-19-21-23-24-25-26-28-30-32-34-36-38-40-42-46(52)44-49(54)50-47(45-51)48(53)43-41-39-37-35-33-31-29-27-22-20-18-16-14-12-10-8-6-4-2/h22,26-28,33,35,41,43,46-48,51-53H,3-21,23-25,29-32,34,36-40,42,44-45H2,1-2H3,(H,50,54)/b27-22+,28-26-,35-33+,43-41+. The fraction of sp³-hybridized carbons (Fsp3) is 0.816. The first kappa shape index (κ1) is 52.3. The Kier molecular flexibility index (Phi) is 42.7. The van der Waals surface area contributed by atoms with Crippen molar-refractivity contribution in [1.82, 2.24) is 5.32 Å². The molecule has 5 heteroatoms. The highest BCUT2D eigenvalue weighted by Crippen LogP contribution is 2.14. The van der Waals surface area contributed by atoms with Crippen molar-refractivity contribution in [3.05, 3.63) is 48.6 Å². The third kappa shape index (κ3) is 40.0. The summed E-state index contributed by atoms with van der Waals surface area (Å²) >= 11 is 0. The highest BCUT2D eigenvalue weighted by Gasteiger charge is 2.20. The predicted molar refractivity (Wildman–Crippen MR) is 236 cm³/mol. The Hall–Kier alpha value is -1.69. The lowest BCUT2D eigenvalue weighted by molar-refractivity contribution is -0.124. The maximum absolute atomic E-state index is 12.4. The first-order valence-electron chi connectivity index (χ1n) is 23.4. The molecule has 0 aromatic heterocycles. The molecule has 5 nitrogen and oxygen atoms in total. The van der Waals surface area contributed by atoms with Crippen molar-refractivity contribution < 1.29 is 20.1 Å². The van der Waals surface area contributed by atoms with E-state index in [2.05, 4.69) is 55.6 Å². The summed E-state index contributed by atoms with van der Waals surface area (Å²) in [6.07, 6.45) is 56.9. The number of carbonyl (C=O) groups excluding carboxylic acids is 1. The Morgan fingerprint density at radius 2 is 0.796 bits per heavy atom. The minimum Gasteiger partial charge on any atom is -0.394 e. The van der Waals surface area contributed by atoms with Crippen molar-refractivity contribution in [2.75, 3.05) is 6.61 Å². The van der Waals surface area contributed by atoms with E-state index in [1.807, 2.05) is 6.08 Å². The highest BCUT2D eigenvalue weighted by molar-refractivity contribution is 5.76. The van der Waals surface area contributed by atoms with E-state index in [1.165, 1.54) is 154 Å². The van der Waals surface area contributed by atoms with E-state index >= 15 is 0 Å². The third-order valence-corrected chi connectivity index (χ3v) is 10.6. The van der Waals surface area contributed by atoms with Gasteiger partial charge in [0, 0.05) is 0 Å². The van der Waals surface area contributed by atoms with Crippen LogP contribution in [0.25, 0.3) is 0 Å². The molecule has 0 spiro atoms. The van der Waals surface area contributed by atoms with Crippen LogP contribution >= 0.6 is 0 Å². The maximum Gasteiger partial charge on any atom is 0.222 e. The maximum atomic E-state index is 12.4. The summed E-state index contributed by atoms with van der Waals surface area (Å²) in [6.45, 7) is 4.20. The molecule has 0 saturated carbocycles. The first-order valence-corrected chi connectivity index (χ1v) is 23.4. The molecule has 0 bridgehead atoms. The lowest BCUT2D eigenvalue weighted by Crippen LogP contribution is -2.45. The van der Waals surface area contributed by atoms with Crippen LogP contribution in [0.2, 0.25) is 0 Å². The van der Waals surface area contributed by atoms with Crippen molar-refractivity contribution in [3.8, 4) is 0 Å². The number of carbonyl (C=O) groups is 1. The Labute approximate surface area is 336 Å². The minimum atomic E-state index is -0.963. The number of rotatable bonds is 42. The molecule has 4 N–H and O–H groups in total. The van der Waals surface area contributed by atoms with Gasteiger partial charge in [0.05, 0.1) is 31.3 Å². The Balaban J connectivity index is 3.72. The normalized spacial score (nSPS) is 13.9. The van der Waals surface area contributed by atoms with Crippen LogP contribution in [-0.4, -0.2) is 46.1 Å². The number of hydrogen-bond donors (Lipinski definition) is 4. The van der Waals surface area contributed by atoms with E-state index < -0.39 is 18.2 Å². The molecular weight excluding hydrogens is 667 g/mol. The molecule has 0 radical (unpaired) electrons. The van der Waals surface area contributed by atoms with E-state index in [9.17, 15) is 20.1 Å². The van der Waals surface area contributed by atoms with Crippen LogP contribution in [0.3, 0.4) is 0 Å². The van der Waals surface area contributed by atoms with E-state index in [0.29, 0.717) is 6.42 Å². The summed E-state index contributed by atoms with van der Waals surface area (Å²) in [7, 11) is 0. The fourth-order valence-electron chi connectivity index (χ4n) is 6.95. The first-order chi connectivity index (χ1) is 26.5. The van der Waals surface area contributed by atoms with Gasteiger partial charge in [-0.3, -0.25) is 4.79 Å². The van der Waals surface area contributed by atoms with Crippen molar-refractivity contribution in [3.63, 3.8) is 0 Å². The molecule has 0 aliphatic heterocycles. The molecule has 0 rings (SSSR count). The molecule has 0 aliphatic rings. The van der Waals surface area contributed by atoms with Gasteiger partial charge in [-0.25, -0.2) is 0 Å². The predicted octanol–water partition coefficient (Wildman–Crippen LogP) is 13.7. The van der Waals surface area contributed by atoms with Crippen LogP contribution in [0.4, 0.5) is 0 Å². The number of nitrogens with one attached hydrogen (secondary N) is 1. The highest BCUT2D eigenvalue weighted by atomic mass is 16.3. The number of hydrogen-bond acceptors (Lipinski definition) is 4. The molecule has 3 unspecified atom stereocenters. The molecule has 0 heterocycles. The monoisotopic (exact) mass is 758 g/mol. The van der Waals surface area contributed by atoms with Gasteiger partial charge in [-0.05, 0) is 70.6 Å². The van der Waals surface area contributed by atoms with Crippen LogP contribution in [0.15, 0.2) is 48.6 Å². The summed E-state index contributed by atoms with van der Waals surface area (Å²) in [5.41, 5.74) is 0. The molecule has 54 heavy (non-hydrogen) atoms. The van der Waals surface area contributed by atoms with Crippen molar-refractivity contribution in [2.45, 2.75) is 250 Å². The van der Waals surface area contributed by atoms with Crippen LogP contribution in [0.1, 0.15) is 232 Å².